The van der Waals surface area contributed by atoms with E-state index in [0.29, 0.717) is 22.6 Å². The molecule has 138 valence electrons. The molecule has 0 amide bonds. The zero-order valence-electron chi connectivity index (χ0n) is 14.9. The minimum atomic E-state index is -1.53. The number of carbonyl (C=O) groups is 2. The maximum atomic E-state index is 11.1. The molecule has 0 bridgehead atoms. The van der Waals surface area contributed by atoms with Crippen LogP contribution in [0, 0.1) is 0 Å². The molecule has 6 heteroatoms. The van der Waals surface area contributed by atoms with Crippen LogP contribution in [0.5, 0.6) is 11.5 Å². The van der Waals surface area contributed by atoms with Crippen LogP contribution in [0.2, 0.25) is 0 Å². The van der Waals surface area contributed by atoms with Gasteiger partial charge >= 0.3 is 11.9 Å². The van der Waals surface area contributed by atoms with Gasteiger partial charge < -0.3 is 19.7 Å². The largest absolute Gasteiger partial charge is 0.427 e. The van der Waals surface area contributed by atoms with Crippen molar-refractivity contribution >= 4 is 11.9 Å². The maximum absolute atomic E-state index is 11.1. The van der Waals surface area contributed by atoms with Crippen LogP contribution in [-0.2, 0) is 15.2 Å². The average molecular weight is 358 g/mol. The van der Waals surface area contributed by atoms with Gasteiger partial charge in [-0.3, -0.25) is 9.59 Å². The first-order valence-electron chi connectivity index (χ1n) is 8.24. The fourth-order valence-corrected chi connectivity index (χ4v) is 2.69. The molecule has 26 heavy (non-hydrogen) atoms. The van der Waals surface area contributed by atoms with Gasteiger partial charge in [0.15, 0.2) is 0 Å². The number of hydrogen-bond donors (Lipinski definition) is 2. The van der Waals surface area contributed by atoms with E-state index in [1.165, 1.54) is 13.8 Å². The summed E-state index contributed by atoms with van der Waals surface area (Å²) < 4.78 is 9.95. The first-order chi connectivity index (χ1) is 12.3. The number of aliphatic hydroxyl groups excluding tert-OH is 1. The molecule has 0 aromatic heterocycles. The Bertz CT molecular complexity index is 766. The van der Waals surface area contributed by atoms with Gasteiger partial charge in [0, 0.05) is 13.8 Å². The molecule has 6 nitrogen and oxygen atoms in total. The third-order valence-corrected chi connectivity index (χ3v) is 4.06. The van der Waals surface area contributed by atoms with Gasteiger partial charge in [-0.1, -0.05) is 31.2 Å². The van der Waals surface area contributed by atoms with Crippen molar-refractivity contribution in [2.45, 2.75) is 38.9 Å². The van der Waals surface area contributed by atoms with Crippen molar-refractivity contribution in [1.29, 1.82) is 0 Å². The van der Waals surface area contributed by atoms with Gasteiger partial charge in [0.05, 0.1) is 0 Å². The van der Waals surface area contributed by atoms with Crippen molar-refractivity contribution in [3.05, 3.63) is 59.7 Å². The molecule has 2 N–H and O–H groups in total. The summed E-state index contributed by atoms with van der Waals surface area (Å²) >= 11 is 0. The second-order valence-electron chi connectivity index (χ2n) is 5.96. The first-order valence-corrected chi connectivity index (χ1v) is 8.24. The number of ether oxygens (including phenoxy) is 2. The molecule has 0 spiro atoms. The molecule has 2 aromatic carbocycles. The molecule has 0 saturated heterocycles. The normalized spacial score (nSPS) is 14.2. The molecule has 0 aliphatic heterocycles. The van der Waals surface area contributed by atoms with Crippen LogP contribution in [0.25, 0.3) is 0 Å². The maximum Gasteiger partial charge on any atom is 0.308 e. The number of carbonyl (C=O) groups excluding carboxylic acids is 2. The quantitative estimate of drug-likeness (QED) is 0.609. The summed E-state index contributed by atoms with van der Waals surface area (Å²) in [7, 11) is 0. The van der Waals surface area contributed by atoms with E-state index in [-0.39, 0.29) is 6.42 Å². The Labute approximate surface area is 152 Å². The summed E-state index contributed by atoms with van der Waals surface area (Å²) in [5.74, 6) is -0.146. The number of rotatable bonds is 6. The summed E-state index contributed by atoms with van der Waals surface area (Å²) in [4.78, 5) is 22.0. The lowest BCUT2D eigenvalue weighted by molar-refractivity contribution is -0.132. The standard InChI is InChI=1S/C20H22O6/c1-4-20(24,16-7-11-18(12-8-16)26-14(3)22)19(23)15-5-9-17(10-6-15)25-13(2)21/h5-12,19,23-24H,4H2,1-3H3. The minimum absolute atomic E-state index is 0.257. The molecule has 0 saturated carbocycles. The minimum Gasteiger partial charge on any atom is -0.427 e. The molecule has 0 radical (unpaired) electrons. The Balaban J connectivity index is 2.26. The highest BCUT2D eigenvalue weighted by molar-refractivity contribution is 5.69. The fourth-order valence-electron chi connectivity index (χ4n) is 2.69. The van der Waals surface area contributed by atoms with E-state index in [1.807, 2.05) is 0 Å². The number of aliphatic hydroxyl groups is 2. The van der Waals surface area contributed by atoms with Gasteiger partial charge in [-0.2, -0.15) is 0 Å². The predicted molar refractivity (Wildman–Crippen MR) is 94.6 cm³/mol. The average Bonchev–Trinajstić information content (AvgIpc) is 2.60. The summed E-state index contributed by atoms with van der Waals surface area (Å²) in [6.45, 7) is 4.37. The molecule has 2 rings (SSSR count). The number of benzene rings is 2. The molecular weight excluding hydrogens is 336 g/mol. The van der Waals surface area contributed by atoms with E-state index >= 15 is 0 Å². The van der Waals surface area contributed by atoms with Crippen LogP contribution < -0.4 is 9.47 Å². The van der Waals surface area contributed by atoms with Crippen LogP contribution in [-0.4, -0.2) is 22.2 Å². The van der Waals surface area contributed by atoms with Crippen molar-refractivity contribution in [3.63, 3.8) is 0 Å². The monoisotopic (exact) mass is 358 g/mol. The Morgan fingerprint density at radius 3 is 1.73 bits per heavy atom. The third-order valence-electron chi connectivity index (χ3n) is 4.06. The van der Waals surface area contributed by atoms with Crippen LogP contribution in [0.15, 0.2) is 48.5 Å². The first kappa shape index (κ1) is 19.6. The van der Waals surface area contributed by atoms with E-state index in [0.717, 1.165) is 0 Å². The Hall–Kier alpha value is -2.70. The van der Waals surface area contributed by atoms with Crippen molar-refractivity contribution in [2.24, 2.45) is 0 Å². The van der Waals surface area contributed by atoms with Gasteiger partial charge in [-0.25, -0.2) is 0 Å². The smallest absolute Gasteiger partial charge is 0.308 e. The fraction of sp³-hybridized carbons (Fsp3) is 0.300. The van der Waals surface area contributed by atoms with Gasteiger partial charge in [0.2, 0.25) is 0 Å². The molecule has 2 unspecified atom stereocenters. The zero-order chi connectivity index (χ0) is 19.3. The van der Waals surface area contributed by atoms with E-state index in [2.05, 4.69) is 0 Å². The van der Waals surface area contributed by atoms with Gasteiger partial charge in [-0.05, 0) is 41.8 Å². The molecule has 0 heterocycles. The highest BCUT2D eigenvalue weighted by Crippen LogP contribution is 2.39. The molecule has 0 fully saturated rings. The zero-order valence-corrected chi connectivity index (χ0v) is 14.9. The lowest BCUT2D eigenvalue weighted by atomic mass is 9.82. The molecule has 0 aliphatic rings. The number of hydrogen-bond acceptors (Lipinski definition) is 6. The highest BCUT2D eigenvalue weighted by Gasteiger charge is 2.36. The van der Waals surface area contributed by atoms with Crippen LogP contribution in [0.4, 0.5) is 0 Å². The van der Waals surface area contributed by atoms with Gasteiger partial charge in [0.25, 0.3) is 0 Å². The second kappa shape index (κ2) is 8.12. The van der Waals surface area contributed by atoms with Crippen molar-refractivity contribution < 1.29 is 29.3 Å². The van der Waals surface area contributed by atoms with Crippen LogP contribution in [0.1, 0.15) is 44.4 Å². The molecular formula is C20H22O6. The van der Waals surface area contributed by atoms with Gasteiger partial charge in [0.1, 0.15) is 23.2 Å². The van der Waals surface area contributed by atoms with E-state index < -0.39 is 23.6 Å². The number of esters is 2. The van der Waals surface area contributed by atoms with E-state index in [4.69, 9.17) is 9.47 Å². The third kappa shape index (κ3) is 4.47. The topological polar surface area (TPSA) is 93.1 Å². The molecule has 2 aromatic rings. The van der Waals surface area contributed by atoms with Gasteiger partial charge in [-0.15, -0.1) is 0 Å². The SMILES string of the molecule is CCC(O)(c1ccc(OC(C)=O)cc1)C(O)c1ccc(OC(C)=O)cc1. The van der Waals surface area contributed by atoms with Crippen molar-refractivity contribution in [3.8, 4) is 11.5 Å². The summed E-state index contributed by atoms with van der Waals surface area (Å²) in [5, 5.41) is 21.8. The Kier molecular flexibility index (Phi) is 6.13. The molecule has 0 aliphatic carbocycles. The Morgan fingerprint density at radius 1 is 0.923 bits per heavy atom. The summed E-state index contributed by atoms with van der Waals surface area (Å²) in [6, 6.07) is 12.6. The summed E-state index contributed by atoms with van der Waals surface area (Å²) in [5.41, 5.74) is -0.556. The van der Waals surface area contributed by atoms with Crippen LogP contribution in [0.3, 0.4) is 0 Å². The summed E-state index contributed by atoms with van der Waals surface area (Å²) in [6.07, 6.45) is -0.939. The van der Waals surface area contributed by atoms with E-state index in [1.54, 1.807) is 55.5 Å². The highest BCUT2D eigenvalue weighted by atomic mass is 16.5. The lowest BCUT2D eigenvalue weighted by Crippen LogP contribution is -2.33. The Morgan fingerprint density at radius 2 is 1.35 bits per heavy atom. The van der Waals surface area contributed by atoms with Crippen molar-refractivity contribution in [2.75, 3.05) is 0 Å². The lowest BCUT2D eigenvalue weighted by Gasteiger charge is -2.33. The molecule has 2 atom stereocenters. The van der Waals surface area contributed by atoms with Crippen LogP contribution >= 0.6 is 0 Å². The van der Waals surface area contributed by atoms with Crippen molar-refractivity contribution in [1.82, 2.24) is 0 Å². The van der Waals surface area contributed by atoms with E-state index in [9.17, 15) is 19.8 Å². The predicted octanol–water partition coefficient (Wildman–Crippen LogP) is 2.87. The second-order valence-corrected chi connectivity index (χ2v) is 5.96.